The van der Waals surface area contributed by atoms with Crippen LogP contribution in [0.25, 0.3) is 0 Å². The van der Waals surface area contributed by atoms with Gasteiger partial charge < -0.3 is 0 Å². The van der Waals surface area contributed by atoms with E-state index < -0.39 is 0 Å². The van der Waals surface area contributed by atoms with Gasteiger partial charge in [-0.3, -0.25) is 9.85 Å². The first-order valence-electron chi connectivity index (χ1n) is 3.01. The van der Waals surface area contributed by atoms with Gasteiger partial charge in [-0.15, -0.1) is 0 Å². The highest BCUT2D eigenvalue weighted by Crippen LogP contribution is 2.26. The Balaban J connectivity index is 2.20. The van der Waals surface area contributed by atoms with Crippen LogP contribution >= 0.6 is 0 Å². The maximum absolute atomic E-state index is 5.16. The van der Waals surface area contributed by atoms with Crippen molar-refractivity contribution in [3.8, 4) is 0 Å². The Kier molecular flexibility index (Phi) is 0.841. The summed E-state index contributed by atoms with van der Waals surface area (Å²) in [5, 5.41) is 3.64. The molecule has 0 saturated carbocycles. The zero-order chi connectivity index (χ0) is 6.43. The Labute approximate surface area is 53.6 Å². The monoisotopic (exact) mass is 127 g/mol. The highest BCUT2D eigenvalue weighted by Gasteiger charge is 2.42. The molecule has 0 aliphatic carbocycles. The second kappa shape index (κ2) is 1.46. The first-order chi connectivity index (χ1) is 4.29. The van der Waals surface area contributed by atoms with Crippen molar-refractivity contribution in [3.63, 3.8) is 0 Å². The van der Waals surface area contributed by atoms with Crippen molar-refractivity contribution in [1.82, 2.24) is 10.2 Å². The molecule has 0 aromatic rings. The van der Waals surface area contributed by atoms with Crippen molar-refractivity contribution >= 4 is 6.34 Å². The van der Waals surface area contributed by atoms with Gasteiger partial charge in [0.1, 0.15) is 12.4 Å². The maximum atomic E-state index is 5.16. The van der Waals surface area contributed by atoms with Crippen LogP contribution in [-0.4, -0.2) is 35.8 Å². The molecule has 0 spiro atoms. The third-order valence-corrected chi connectivity index (χ3v) is 1.67. The summed E-state index contributed by atoms with van der Waals surface area (Å²) in [7, 11) is 1.91. The van der Waals surface area contributed by atoms with E-state index in [9.17, 15) is 0 Å². The van der Waals surface area contributed by atoms with Gasteiger partial charge >= 0.3 is 0 Å². The maximum Gasteiger partial charge on any atom is 0.192 e. The van der Waals surface area contributed by atoms with Gasteiger partial charge in [-0.05, 0) is 6.92 Å². The molecule has 3 rings (SSSR count). The van der Waals surface area contributed by atoms with Crippen molar-refractivity contribution in [1.29, 1.82) is 0 Å². The topological polar surface area (TPSA) is 28.1 Å². The minimum absolute atomic E-state index is 0.0844. The van der Waals surface area contributed by atoms with Crippen molar-refractivity contribution in [2.24, 2.45) is 4.99 Å². The number of aliphatic imine (C=N–C) groups is 1. The highest BCUT2D eigenvalue weighted by atomic mass is 16.8. The summed E-state index contributed by atoms with van der Waals surface area (Å²) in [6.45, 7) is 2.08. The van der Waals surface area contributed by atoms with Gasteiger partial charge in [-0.2, -0.15) is 0 Å². The Morgan fingerprint density at radius 3 is 2.78 bits per heavy atom. The van der Waals surface area contributed by atoms with Crippen LogP contribution in [0, 0.1) is 0 Å². The van der Waals surface area contributed by atoms with Crippen LogP contribution in [-0.2, 0) is 4.84 Å². The highest BCUT2D eigenvalue weighted by molar-refractivity contribution is 5.55. The predicted octanol–water partition coefficient (Wildman–Crippen LogP) is -0.163. The molecule has 2 bridgehead atoms. The molecule has 4 heteroatoms. The summed E-state index contributed by atoms with van der Waals surface area (Å²) in [5.74, 6) is 0. The minimum atomic E-state index is 0.0844. The average molecular weight is 127 g/mol. The van der Waals surface area contributed by atoms with E-state index in [2.05, 4.69) is 11.9 Å². The SMILES string of the molecule is CC1C2N=CN(C)N1O2. The third-order valence-electron chi connectivity index (χ3n) is 1.67. The van der Waals surface area contributed by atoms with Crippen LogP contribution in [0.1, 0.15) is 6.92 Å². The number of rotatable bonds is 0. The van der Waals surface area contributed by atoms with Gasteiger partial charge in [0.25, 0.3) is 0 Å². The van der Waals surface area contributed by atoms with E-state index >= 15 is 0 Å². The fourth-order valence-electron chi connectivity index (χ4n) is 1.07. The predicted molar refractivity (Wildman–Crippen MR) is 32.4 cm³/mol. The van der Waals surface area contributed by atoms with E-state index in [-0.39, 0.29) is 6.23 Å². The van der Waals surface area contributed by atoms with E-state index in [1.165, 1.54) is 0 Å². The molecule has 3 aliphatic rings. The summed E-state index contributed by atoms with van der Waals surface area (Å²) in [4.78, 5) is 9.26. The number of hydrogen-bond acceptors (Lipinski definition) is 4. The van der Waals surface area contributed by atoms with Crippen LogP contribution in [0.2, 0.25) is 0 Å². The number of hydrogen-bond donors (Lipinski definition) is 0. The van der Waals surface area contributed by atoms with Crippen molar-refractivity contribution in [2.45, 2.75) is 19.2 Å². The molecule has 3 aliphatic heterocycles. The van der Waals surface area contributed by atoms with E-state index in [1.807, 2.05) is 12.1 Å². The smallest absolute Gasteiger partial charge is 0.192 e. The second-order valence-corrected chi connectivity index (χ2v) is 2.38. The summed E-state index contributed by atoms with van der Waals surface area (Å²) in [5.41, 5.74) is 0. The van der Waals surface area contributed by atoms with Crippen molar-refractivity contribution < 1.29 is 4.84 Å². The van der Waals surface area contributed by atoms with Crippen LogP contribution in [0.4, 0.5) is 0 Å². The van der Waals surface area contributed by atoms with Gasteiger partial charge in [0.15, 0.2) is 6.23 Å². The lowest BCUT2D eigenvalue weighted by Gasteiger charge is -2.49. The first kappa shape index (κ1) is 5.20. The van der Waals surface area contributed by atoms with Gasteiger partial charge in [0.05, 0.1) is 0 Å². The minimum Gasteiger partial charge on any atom is -0.276 e. The third kappa shape index (κ3) is 0.516. The molecule has 3 atom stereocenters. The average Bonchev–Trinajstić information content (AvgIpc) is 1.86. The first-order valence-corrected chi connectivity index (χ1v) is 3.01. The van der Waals surface area contributed by atoms with Gasteiger partial charge in [-0.1, -0.05) is 5.17 Å². The zero-order valence-electron chi connectivity index (χ0n) is 5.48. The Hall–Kier alpha value is -0.610. The number of nitrogens with zero attached hydrogens (tertiary/aromatic N) is 3. The molecule has 0 aromatic carbocycles. The number of hydroxylamine groups is 1. The van der Waals surface area contributed by atoms with Crippen molar-refractivity contribution in [3.05, 3.63) is 0 Å². The van der Waals surface area contributed by atoms with E-state index in [1.54, 1.807) is 11.5 Å². The molecule has 9 heavy (non-hydrogen) atoms. The molecule has 4 nitrogen and oxygen atoms in total. The zero-order valence-corrected chi connectivity index (χ0v) is 5.48. The van der Waals surface area contributed by atoms with E-state index in [0.29, 0.717) is 6.04 Å². The van der Waals surface area contributed by atoms with E-state index in [4.69, 9.17) is 4.84 Å². The molecule has 0 aromatic heterocycles. The van der Waals surface area contributed by atoms with Gasteiger partial charge in [0.2, 0.25) is 0 Å². The fraction of sp³-hybridized carbons (Fsp3) is 0.800. The van der Waals surface area contributed by atoms with Gasteiger partial charge in [0, 0.05) is 7.05 Å². The second-order valence-electron chi connectivity index (χ2n) is 2.38. The molecule has 0 N–H and O–H groups in total. The molecule has 0 amide bonds. The van der Waals surface area contributed by atoms with Crippen molar-refractivity contribution in [2.75, 3.05) is 7.05 Å². The summed E-state index contributed by atoms with van der Waals surface area (Å²) >= 11 is 0. The summed E-state index contributed by atoms with van der Waals surface area (Å²) < 4.78 is 0. The lowest BCUT2D eigenvalue weighted by molar-refractivity contribution is -0.405. The molecule has 0 radical (unpaired) electrons. The molecule has 3 unspecified atom stereocenters. The molecule has 3 heterocycles. The fourth-order valence-corrected chi connectivity index (χ4v) is 1.07. The Morgan fingerprint density at radius 2 is 2.44 bits per heavy atom. The van der Waals surface area contributed by atoms with Crippen LogP contribution < -0.4 is 0 Å². The van der Waals surface area contributed by atoms with Crippen LogP contribution in [0.15, 0.2) is 4.99 Å². The van der Waals surface area contributed by atoms with Crippen LogP contribution in [0.3, 0.4) is 0 Å². The Bertz CT molecular complexity index is 158. The normalized spacial score (nSPS) is 46.9. The van der Waals surface area contributed by atoms with Gasteiger partial charge in [-0.25, -0.2) is 4.99 Å². The molecule has 1 saturated heterocycles. The molecule has 50 valence electrons. The molecular weight excluding hydrogens is 118 g/mol. The molecule has 1 fully saturated rings. The summed E-state index contributed by atoms with van der Waals surface area (Å²) in [6.07, 6.45) is 1.86. The number of hydrazine groups is 1. The number of fused-ring (bicyclic) bond motifs is 1. The lowest BCUT2D eigenvalue weighted by Crippen LogP contribution is -2.64. The standard InChI is InChI=1S/C5H9N3O/c1-4-5-6-3-7(2)8(4)9-5/h3-5H,1-2H3. The largest absolute Gasteiger partial charge is 0.276 e. The molecular formula is C5H9N3O. The lowest BCUT2D eigenvalue weighted by atomic mass is 10.2. The van der Waals surface area contributed by atoms with E-state index in [0.717, 1.165) is 0 Å². The quantitative estimate of drug-likeness (QED) is 0.452. The van der Waals surface area contributed by atoms with Crippen LogP contribution in [0.5, 0.6) is 0 Å². The summed E-state index contributed by atoms with van der Waals surface area (Å²) in [6, 6.07) is 0.417. The Morgan fingerprint density at radius 1 is 1.67 bits per heavy atom.